The van der Waals surface area contributed by atoms with Gasteiger partial charge in [-0.05, 0) is 19.4 Å². The molecule has 19 heavy (non-hydrogen) atoms. The van der Waals surface area contributed by atoms with Crippen molar-refractivity contribution in [3.05, 3.63) is 17.5 Å². The molecule has 1 atom stereocenters. The molecule has 4 N–H and O–H groups in total. The Balaban J connectivity index is 2.72. The highest BCUT2D eigenvalue weighted by Gasteiger charge is 2.16. The van der Waals surface area contributed by atoms with Gasteiger partial charge in [0.15, 0.2) is 0 Å². The van der Waals surface area contributed by atoms with Crippen molar-refractivity contribution in [1.82, 2.24) is 10.3 Å². The van der Waals surface area contributed by atoms with E-state index in [-0.39, 0.29) is 17.4 Å². The van der Waals surface area contributed by atoms with Gasteiger partial charge < -0.3 is 20.7 Å². The van der Waals surface area contributed by atoms with Gasteiger partial charge in [0.2, 0.25) is 0 Å². The Bertz CT molecular complexity index is 514. The van der Waals surface area contributed by atoms with Crippen molar-refractivity contribution >= 4 is 17.7 Å². The summed E-state index contributed by atoms with van der Waals surface area (Å²) in [4.78, 5) is 25.3. The predicted octanol–water partition coefficient (Wildman–Crippen LogP) is 1.94. The highest BCUT2D eigenvalue weighted by molar-refractivity contribution is 5.99. The number of anilines is 1. The summed E-state index contributed by atoms with van der Waals surface area (Å²) >= 11 is 0. The first kappa shape index (κ1) is 14.6. The maximum atomic E-state index is 11.7. The Hall–Kier alpha value is -2.42. The number of aromatic carboxylic acids is 1. The number of carboxylic acid groups (broad SMARTS) is 1. The summed E-state index contributed by atoms with van der Waals surface area (Å²) in [5.41, 5.74) is 0.810. The molecule has 0 saturated carbocycles. The van der Waals surface area contributed by atoms with E-state index >= 15 is 0 Å². The minimum atomic E-state index is -1.13. The maximum absolute atomic E-state index is 11.7. The van der Waals surface area contributed by atoms with Crippen LogP contribution in [0, 0.1) is 19.3 Å². The molecular weight excluding hydrogens is 246 g/mol. The van der Waals surface area contributed by atoms with Crippen LogP contribution >= 0.6 is 0 Å². The molecule has 0 saturated heterocycles. The average Bonchev–Trinajstić information content (AvgIpc) is 2.69. The van der Waals surface area contributed by atoms with Gasteiger partial charge in [0.25, 0.3) is 0 Å². The molecule has 1 aromatic heterocycles. The van der Waals surface area contributed by atoms with Crippen LogP contribution < -0.4 is 10.6 Å². The van der Waals surface area contributed by atoms with E-state index in [1.165, 1.54) is 0 Å². The minimum absolute atomic E-state index is 0.0552. The number of aromatic nitrogens is 1. The van der Waals surface area contributed by atoms with Crippen molar-refractivity contribution in [2.24, 2.45) is 0 Å². The molecule has 2 amide bonds. The lowest BCUT2D eigenvalue weighted by atomic mass is 10.2. The van der Waals surface area contributed by atoms with Crippen LogP contribution in [-0.4, -0.2) is 28.1 Å². The molecule has 0 bridgehead atoms. The molecule has 0 aromatic carbocycles. The number of amides is 2. The van der Waals surface area contributed by atoms with E-state index in [9.17, 15) is 9.59 Å². The third-order valence-corrected chi connectivity index (χ3v) is 2.50. The fraction of sp³-hybridized carbons (Fsp3) is 0.385. The van der Waals surface area contributed by atoms with Crippen LogP contribution in [0.5, 0.6) is 0 Å². The number of aromatic amines is 1. The number of carboxylic acids is 1. The summed E-state index contributed by atoms with van der Waals surface area (Å²) in [6.07, 6.45) is 6.80. The lowest BCUT2D eigenvalue weighted by Gasteiger charge is -2.12. The SMILES string of the molecule is C#CC(CCC)NC(=O)Nc1cc(C)[nH]c1C(=O)O. The first-order valence-corrected chi connectivity index (χ1v) is 5.94. The number of H-pyrrole nitrogens is 1. The van der Waals surface area contributed by atoms with Crippen molar-refractivity contribution in [2.45, 2.75) is 32.7 Å². The number of carbonyl (C=O) groups excluding carboxylic acids is 1. The fourth-order valence-electron chi connectivity index (χ4n) is 1.66. The number of terminal acetylenes is 1. The third kappa shape index (κ3) is 4.07. The van der Waals surface area contributed by atoms with Gasteiger partial charge in [-0.3, -0.25) is 0 Å². The average molecular weight is 263 g/mol. The zero-order chi connectivity index (χ0) is 14.4. The van der Waals surface area contributed by atoms with Gasteiger partial charge in [0, 0.05) is 5.69 Å². The van der Waals surface area contributed by atoms with Crippen molar-refractivity contribution in [1.29, 1.82) is 0 Å². The van der Waals surface area contributed by atoms with Crippen molar-refractivity contribution in [2.75, 3.05) is 5.32 Å². The van der Waals surface area contributed by atoms with Crippen LogP contribution in [-0.2, 0) is 0 Å². The van der Waals surface area contributed by atoms with Crippen LogP contribution in [0.15, 0.2) is 6.07 Å². The molecule has 0 radical (unpaired) electrons. The normalized spacial score (nSPS) is 11.4. The van der Waals surface area contributed by atoms with Gasteiger partial charge in [0.1, 0.15) is 5.69 Å². The Morgan fingerprint density at radius 2 is 2.26 bits per heavy atom. The Morgan fingerprint density at radius 1 is 1.58 bits per heavy atom. The van der Waals surface area contributed by atoms with Crippen LogP contribution in [0.2, 0.25) is 0 Å². The number of carbonyl (C=O) groups is 2. The summed E-state index contributed by atoms with van der Waals surface area (Å²) in [7, 11) is 0. The second kappa shape index (κ2) is 6.50. The molecular formula is C13H17N3O3. The Kier molecular flexibility index (Phi) is 5.01. The number of rotatable bonds is 5. The summed E-state index contributed by atoms with van der Waals surface area (Å²) in [5, 5.41) is 14.0. The topological polar surface area (TPSA) is 94.2 Å². The molecule has 0 spiro atoms. The van der Waals surface area contributed by atoms with Crippen molar-refractivity contribution < 1.29 is 14.7 Å². The molecule has 0 aliphatic carbocycles. The predicted molar refractivity (Wildman–Crippen MR) is 72.2 cm³/mol. The summed E-state index contributed by atoms with van der Waals surface area (Å²) < 4.78 is 0. The first-order chi connectivity index (χ1) is 8.97. The van der Waals surface area contributed by atoms with Crippen LogP contribution in [0.3, 0.4) is 0 Å². The molecule has 102 valence electrons. The largest absolute Gasteiger partial charge is 0.477 e. The zero-order valence-electron chi connectivity index (χ0n) is 10.9. The van der Waals surface area contributed by atoms with Gasteiger partial charge >= 0.3 is 12.0 Å². The first-order valence-electron chi connectivity index (χ1n) is 5.94. The highest BCUT2D eigenvalue weighted by Crippen LogP contribution is 2.16. The zero-order valence-corrected chi connectivity index (χ0v) is 10.9. The monoisotopic (exact) mass is 263 g/mol. The Morgan fingerprint density at radius 3 is 2.79 bits per heavy atom. The molecule has 6 nitrogen and oxygen atoms in total. The summed E-state index contributed by atoms with van der Waals surface area (Å²) in [6, 6.07) is 0.671. The molecule has 1 heterocycles. The lowest BCUT2D eigenvalue weighted by molar-refractivity contribution is 0.0692. The second-order valence-corrected chi connectivity index (χ2v) is 4.15. The Labute approximate surface area is 111 Å². The molecule has 0 fully saturated rings. The minimum Gasteiger partial charge on any atom is -0.477 e. The third-order valence-electron chi connectivity index (χ3n) is 2.50. The van der Waals surface area contributed by atoms with E-state index in [4.69, 9.17) is 11.5 Å². The molecule has 0 aliphatic heterocycles. The number of hydrogen-bond donors (Lipinski definition) is 4. The molecule has 1 rings (SSSR count). The van der Waals surface area contributed by atoms with Gasteiger partial charge in [-0.2, -0.15) is 0 Å². The number of aryl methyl sites for hydroxylation is 1. The van der Waals surface area contributed by atoms with Crippen LogP contribution in [0.1, 0.15) is 35.9 Å². The smallest absolute Gasteiger partial charge is 0.354 e. The lowest BCUT2D eigenvalue weighted by Crippen LogP contribution is -2.37. The van der Waals surface area contributed by atoms with E-state index in [1.807, 2.05) is 6.92 Å². The highest BCUT2D eigenvalue weighted by atomic mass is 16.4. The van der Waals surface area contributed by atoms with Crippen LogP contribution in [0.25, 0.3) is 0 Å². The van der Waals surface area contributed by atoms with Gasteiger partial charge in [-0.25, -0.2) is 9.59 Å². The molecule has 1 aromatic rings. The van der Waals surface area contributed by atoms with E-state index in [0.717, 1.165) is 6.42 Å². The van der Waals surface area contributed by atoms with Crippen molar-refractivity contribution in [3.8, 4) is 12.3 Å². The van der Waals surface area contributed by atoms with E-state index in [0.29, 0.717) is 12.1 Å². The maximum Gasteiger partial charge on any atom is 0.354 e. The quantitative estimate of drug-likeness (QED) is 0.611. The van der Waals surface area contributed by atoms with Gasteiger partial charge in [0.05, 0.1) is 11.7 Å². The van der Waals surface area contributed by atoms with Gasteiger partial charge in [-0.1, -0.05) is 19.3 Å². The summed E-state index contributed by atoms with van der Waals surface area (Å²) in [5.74, 6) is 1.33. The molecule has 1 unspecified atom stereocenters. The molecule has 6 heteroatoms. The van der Waals surface area contributed by atoms with E-state index < -0.39 is 12.0 Å². The van der Waals surface area contributed by atoms with E-state index in [2.05, 4.69) is 21.5 Å². The summed E-state index contributed by atoms with van der Waals surface area (Å²) in [6.45, 7) is 3.67. The second-order valence-electron chi connectivity index (χ2n) is 4.15. The standard InChI is InChI=1S/C13H17N3O3/c1-4-6-9(5-2)15-13(19)16-10-7-8(3)14-11(10)12(17)18/h2,7,9,14H,4,6H2,1,3H3,(H,17,18)(H2,15,16,19). The van der Waals surface area contributed by atoms with E-state index in [1.54, 1.807) is 13.0 Å². The van der Waals surface area contributed by atoms with Crippen molar-refractivity contribution in [3.63, 3.8) is 0 Å². The fourth-order valence-corrected chi connectivity index (χ4v) is 1.66. The molecule has 0 aliphatic rings. The van der Waals surface area contributed by atoms with Crippen LogP contribution in [0.4, 0.5) is 10.5 Å². The number of hydrogen-bond acceptors (Lipinski definition) is 2. The number of nitrogens with one attached hydrogen (secondary N) is 3. The van der Waals surface area contributed by atoms with Gasteiger partial charge in [-0.15, -0.1) is 6.42 Å². The number of urea groups is 1.